The first-order chi connectivity index (χ1) is 6.77. The fraction of sp³-hybridized carbons (Fsp3) is 0.400. The van der Waals surface area contributed by atoms with Crippen LogP contribution in [0.25, 0.3) is 0 Å². The first-order valence-corrected chi connectivity index (χ1v) is 4.76. The molecule has 0 fully saturated rings. The Morgan fingerprint density at radius 1 is 1.43 bits per heavy atom. The lowest BCUT2D eigenvalue weighted by Crippen LogP contribution is -2.03. The van der Waals surface area contributed by atoms with E-state index in [0.717, 1.165) is 12.0 Å². The Hall–Kier alpha value is -0.770. The van der Waals surface area contributed by atoms with Crippen molar-refractivity contribution in [3.8, 4) is 5.75 Å². The number of nitrogens with two attached hydrogens (primary N) is 1. The van der Waals surface area contributed by atoms with Gasteiger partial charge in [-0.3, -0.25) is 0 Å². The molecule has 0 amide bonds. The van der Waals surface area contributed by atoms with E-state index >= 15 is 0 Å². The van der Waals surface area contributed by atoms with Gasteiger partial charge in [0.15, 0.2) is 6.79 Å². The highest BCUT2D eigenvalue weighted by Gasteiger charge is 2.02. The SMILES string of the molecule is COCOc1ccc(CCN)cc1Cl. The van der Waals surface area contributed by atoms with Gasteiger partial charge in [-0.2, -0.15) is 0 Å². The van der Waals surface area contributed by atoms with Crippen molar-refractivity contribution < 1.29 is 9.47 Å². The summed E-state index contributed by atoms with van der Waals surface area (Å²) < 4.78 is 10.0. The lowest BCUT2D eigenvalue weighted by molar-refractivity contribution is 0.0512. The number of ether oxygens (including phenoxy) is 2. The molecule has 0 aliphatic carbocycles. The van der Waals surface area contributed by atoms with Crippen LogP contribution in [0, 0.1) is 0 Å². The van der Waals surface area contributed by atoms with Crippen molar-refractivity contribution in [2.75, 3.05) is 20.4 Å². The maximum atomic E-state index is 5.98. The van der Waals surface area contributed by atoms with E-state index in [1.165, 1.54) is 0 Å². The van der Waals surface area contributed by atoms with E-state index in [1.807, 2.05) is 18.2 Å². The van der Waals surface area contributed by atoms with Crippen molar-refractivity contribution in [2.45, 2.75) is 6.42 Å². The van der Waals surface area contributed by atoms with Gasteiger partial charge in [0.1, 0.15) is 5.75 Å². The van der Waals surface area contributed by atoms with Crippen molar-refractivity contribution in [1.82, 2.24) is 0 Å². The molecule has 0 aromatic heterocycles. The van der Waals surface area contributed by atoms with Crippen molar-refractivity contribution in [3.05, 3.63) is 28.8 Å². The van der Waals surface area contributed by atoms with Crippen LogP contribution in [0.3, 0.4) is 0 Å². The molecular weight excluding hydrogens is 202 g/mol. The van der Waals surface area contributed by atoms with Gasteiger partial charge in [-0.05, 0) is 30.7 Å². The molecule has 14 heavy (non-hydrogen) atoms. The van der Waals surface area contributed by atoms with Gasteiger partial charge in [0.05, 0.1) is 5.02 Å². The topological polar surface area (TPSA) is 44.5 Å². The molecule has 2 N–H and O–H groups in total. The van der Waals surface area contributed by atoms with Gasteiger partial charge in [-0.1, -0.05) is 17.7 Å². The zero-order valence-corrected chi connectivity index (χ0v) is 8.88. The van der Waals surface area contributed by atoms with Gasteiger partial charge in [0.25, 0.3) is 0 Å². The molecular formula is C10H14ClNO2. The second-order valence-corrected chi connectivity index (χ2v) is 3.26. The normalized spacial score (nSPS) is 10.2. The molecule has 0 aliphatic rings. The predicted molar refractivity (Wildman–Crippen MR) is 56.7 cm³/mol. The molecule has 0 saturated carbocycles. The monoisotopic (exact) mass is 215 g/mol. The Morgan fingerprint density at radius 3 is 2.79 bits per heavy atom. The minimum Gasteiger partial charge on any atom is -0.466 e. The van der Waals surface area contributed by atoms with Crippen molar-refractivity contribution in [1.29, 1.82) is 0 Å². The number of hydrogen-bond donors (Lipinski definition) is 1. The number of halogens is 1. The van der Waals surface area contributed by atoms with E-state index in [9.17, 15) is 0 Å². The average molecular weight is 216 g/mol. The van der Waals surface area contributed by atoms with Crippen LogP contribution in [0.5, 0.6) is 5.75 Å². The quantitative estimate of drug-likeness (QED) is 0.763. The summed E-state index contributed by atoms with van der Waals surface area (Å²) in [4.78, 5) is 0. The molecule has 0 atom stereocenters. The van der Waals surface area contributed by atoms with Gasteiger partial charge in [-0.25, -0.2) is 0 Å². The second kappa shape index (κ2) is 5.86. The molecule has 0 radical (unpaired) electrons. The molecule has 4 heteroatoms. The second-order valence-electron chi connectivity index (χ2n) is 2.85. The number of methoxy groups -OCH3 is 1. The molecule has 1 aromatic rings. The highest BCUT2D eigenvalue weighted by Crippen LogP contribution is 2.25. The summed E-state index contributed by atoms with van der Waals surface area (Å²) in [5.74, 6) is 0.634. The van der Waals surface area contributed by atoms with Gasteiger partial charge in [0, 0.05) is 7.11 Å². The van der Waals surface area contributed by atoms with Crippen molar-refractivity contribution in [3.63, 3.8) is 0 Å². The molecule has 0 spiro atoms. The first kappa shape index (κ1) is 11.3. The zero-order chi connectivity index (χ0) is 10.4. The summed E-state index contributed by atoms with van der Waals surface area (Å²) in [5.41, 5.74) is 6.55. The molecule has 0 heterocycles. The van der Waals surface area contributed by atoms with E-state index in [0.29, 0.717) is 17.3 Å². The fourth-order valence-electron chi connectivity index (χ4n) is 1.11. The van der Waals surface area contributed by atoms with E-state index in [-0.39, 0.29) is 6.79 Å². The van der Waals surface area contributed by atoms with Crippen LogP contribution in [0.4, 0.5) is 0 Å². The molecule has 0 aliphatic heterocycles. The third kappa shape index (κ3) is 3.18. The average Bonchev–Trinajstić information content (AvgIpc) is 2.17. The van der Waals surface area contributed by atoms with Gasteiger partial charge < -0.3 is 15.2 Å². The Morgan fingerprint density at radius 2 is 2.21 bits per heavy atom. The van der Waals surface area contributed by atoms with Crippen LogP contribution < -0.4 is 10.5 Å². The molecule has 0 saturated heterocycles. The summed E-state index contributed by atoms with van der Waals surface area (Å²) in [5, 5.41) is 0.591. The van der Waals surface area contributed by atoms with Crippen LogP contribution in [-0.2, 0) is 11.2 Å². The van der Waals surface area contributed by atoms with Crippen molar-refractivity contribution in [2.24, 2.45) is 5.73 Å². The van der Waals surface area contributed by atoms with Crippen molar-refractivity contribution >= 4 is 11.6 Å². The summed E-state index contributed by atoms with van der Waals surface area (Å²) in [6.45, 7) is 0.824. The van der Waals surface area contributed by atoms with Crippen LogP contribution in [0.15, 0.2) is 18.2 Å². The van der Waals surface area contributed by atoms with Gasteiger partial charge in [0.2, 0.25) is 0 Å². The highest BCUT2D eigenvalue weighted by atomic mass is 35.5. The minimum absolute atomic E-state index is 0.204. The standard InChI is InChI=1S/C10H14ClNO2/c1-13-7-14-10-3-2-8(4-5-12)6-9(10)11/h2-3,6H,4-5,7,12H2,1H3. The van der Waals surface area contributed by atoms with E-state index in [4.69, 9.17) is 26.8 Å². The van der Waals surface area contributed by atoms with Gasteiger partial charge >= 0.3 is 0 Å². The molecule has 3 nitrogen and oxygen atoms in total. The molecule has 1 rings (SSSR count). The maximum absolute atomic E-state index is 5.98. The summed E-state index contributed by atoms with van der Waals surface area (Å²) in [6, 6.07) is 5.63. The van der Waals surface area contributed by atoms with Crippen LogP contribution in [-0.4, -0.2) is 20.4 Å². The lowest BCUT2D eigenvalue weighted by atomic mass is 10.1. The van der Waals surface area contributed by atoms with Crippen LogP contribution in [0.1, 0.15) is 5.56 Å². The van der Waals surface area contributed by atoms with E-state index in [1.54, 1.807) is 7.11 Å². The summed E-state index contributed by atoms with van der Waals surface area (Å²) in [7, 11) is 1.57. The largest absolute Gasteiger partial charge is 0.466 e. The molecule has 0 bridgehead atoms. The maximum Gasteiger partial charge on any atom is 0.188 e. The third-order valence-corrected chi connectivity index (χ3v) is 2.06. The molecule has 78 valence electrons. The Labute approximate surface area is 88.8 Å². The lowest BCUT2D eigenvalue weighted by Gasteiger charge is -2.07. The van der Waals surface area contributed by atoms with Crippen LogP contribution in [0.2, 0.25) is 5.02 Å². The Balaban J connectivity index is 2.68. The minimum atomic E-state index is 0.204. The molecule has 0 unspecified atom stereocenters. The molecule has 1 aromatic carbocycles. The fourth-order valence-corrected chi connectivity index (χ4v) is 1.36. The number of rotatable bonds is 5. The Kier molecular flexibility index (Phi) is 4.73. The third-order valence-electron chi connectivity index (χ3n) is 1.76. The summed E-state index contributed by atoms with van der Waals surface area (Å²) in [6.07, 6.45) is 0.824. The first-order valence-electron chi connectivity index (χ1n) is 4.38. The van der Waals surface area contributed by atoms with E-state index in [2.05, 4.69) is 0 Å². The van der Waals surface area contributed by atoms with E-state index < -0.39 is 0 Å². The summed E-state index contributed by atoms with van der Waals surface area (Å²) >= 11 is 5.98. The Bertz CT molecular complexity index is 291. The van der Waals surface area contributed by atoms with Crippen LogP contribution >= 0.6 is 11.6 Å². The number of benzene rings is 1. The predicted octanol–water partition coefficient (Wildman–Crippen LogP) is 1.82. The smallest absolute Gasteiger partial charge is 0.188 e. The highest BCUT2D eigenvalue weighted by molar-refractivity contribution is 6.32. The van der Waals surface area contributed by atoms with Gasteiger partial charge in [-0.15, -0.1) is 0 Å². The zero-order valence-electron chi connectivity index (χ0n) is 8.13. The number of hydrogen-bond acceptors (Lipinski definition) is 3.